The second-order valence-corrected chi connectivity index (χ2v) is 29.8. The Morgan fingerprint density at radius 2 is 0.602 bits per heavy atom. The van der Waals surface area contributed by atoms with Crippen LogP contribution in [0.5, 0.6) is 5.75 Å². The number of ether oxygens (including phenoxy) is 21. The second kappa shape index (κ2) is 66.0. The summed E-state index contributed by atoms with van der Waals surface area (Å²) in [7, 11) is 0. The Hall–Kier alpha value is -7.40. The van der Waals surface area contributed by atoms with Gasteiger partial charge in [0.2, 0.25) is 17.4 Å². The van der Waals surface area contributed by atoms with E-state index < -0.39 is 41.4 Å². The molecule has 0 amide bonds. The van der Waals surface area contributed by atoms with Gasteiger partial charge in [-0.25, -0.2) is 18.7 Å². The summed E-state index contributed by atoms with van der Waals surface area (Å²) in [4.78, 5) is 41.5. The maximum Gasteiger partial charge on any atom is 0.313 e. The molecule has 720 valence electrons. The van der Waals surface area contributed by atoms with Gasteiger partial charge in [0.05, 0.1) is 282 Å². The van der Waals surface area contributed by atoms with E-state index in [2.05, 4.69) is 96.9 Å². The van der Waals surface area contributed by atoms with Gasteiger partial charge in [-0.1, -0.05) is 26.7 Å². The minimum atomic E-state index is -1.79. The topological polar surface area (TPSA) is 354 Å². The lowest BCUT2D eigenvalue weighted by molar-refractivity contribution is -0.136. The van der Waals surface area contributed by atoms with Crippen molar-refractivity contribution >= 4 is 78.4 Å². The van der Waals surface area contributed by atoms with E-state index in [1.807, 2.05) is 9.36 Å². The zero-order valence-electron chi connectivity index (χ0n) is 75.2. The highest BCUT2D eigenvalue weighted by molar-refractivity contribution is 6.10. The van der Waals surface area contributed by atoms with E-state index in [1.165, 1.54) is 11.4 Å². The first kappa shape index (κ1) is 106. The SMILES string of the molecule is CCCCn1cc2c(n1)c(N)nc1ccc(N3CCN(CCOCCOCCOCCOCCOCCOCCOCCOCCOCCOCCC(=O)Oc4c(F)c(F)cc(F)c4F)CC3)cc12.CCCCn1cc2c(n1)c(N)nc1ccc(N3CCN(CCOCCOCCOCCOCCOCCOCCOCCOCCOCCOCCC(C)=O)CC3)cc12. The third kappa shape index (κ3) is 42.4. The van der Waals surface area contributed by atoms with E-state index in [0.29, 0.717) is 263 Å². The number of pyridine rings is 2. The van der Waals surface area contributed by atoms with Gasteiger partial charge in [0, 0.05) is 136 Å². The molecule has 2 saturated heterocycles. The third-order valence-corrected chi connectivity index (χ3v) is 20.1. The summed E-state index contributed by atoms with van der Waals surface area (Å²) in [6.45, 7) is 35.3. The maximum atomic E-state index is 13.6. The number of aryl methyl sites for hydroxylation is 2. The first-order chi connectivity index (χ1) is 62.8. The highest BCUT2D eigenvalue weighted by atomic mass is 19.2. The number of esters is 1. The summed E-state index contributed by atoms with van der Waals surface area (Å²) < 4.78 is 172. The monoisotopic (exact) mass is 1820 g/mol. The molecule has 128 heavy (non-hydrogen) atoms. The number of ketones is 1. The number of nitrogens with two attached hydrogens (primary N) is 2. The highest BCUT2D eigenvalue weighted by Crippen LogP contribution is 2.33. The molecular weight excluding hydrogens is 1680 g/mol. The Morgan fingerprint density at radius 1 is 0.336 bits per heavy atom. The number of Topliss-reactive ketones (excluding diaryl/α,β-unsaturated/α-hetero) is 1. The van der Waals surface area contributed by atoms with Crippen molar-refractivity contribution in [3.63, 3.8) is 0 Å². The number of anilines is 4. The lowest BCUT2D eigenvalue weighted by Gasteiger charge is -2.36. The zero-order chi connectivity index (χ0) is 90.5. The van der Waals surface area contributed by atoms with E-state index >= 15 is 0 Å². The maximum absolute atomic E-state index is 13.6. The number of halogens is 4. The van der Waals surface area contributed by atoms with Crippen LogP contribution in [0.2, 0.25) is 0 Å². The Kier molecular flexibility index (Phi) is 54.7. The van der Waals surface area contributed by atoms with Crippen LogP contribution in [0, 0.1) is 23.3 Å². The van der Waals surface area contributed by atoms with Crippen LogP contribution in [0.3, 0.4) is 0 Å². The smallest absolute Gasteiger partial charge is 0.313 e. The highest BCUT2D eigenvalue weighted by Gasteiger charge is 2.25. The van der Waals surface area contributed by atoms with Gasteiger partial charge in [-0.3, -0.25) is 28.8 Å². The number of hydrogen-bond acceptors (Lipinski definition) is 33. The molecule has 3 aromatic carbocycles. The number of aromatic nitrogens is 6. The van der Waals surface area contributed by atoms with Crippen molar-refractivity contribution in [2.24, 2.45) is 0 Å². The van der Waals surface area contributed by atoms with Gasteiger partial charge in [-0.2, -0.15) is 19.0 Å². The fourth-order valence-electron chi connectivity index (χ4n) is 13.1. The molecule has 0 aliphatic carbocycles. The molecule has 2 aliphatic rings. The fraction of sp³-hybridized carbons (Fsp3) is 0.685. The number of nitrogens with zero attached hydrogens (tertiary/aromatic N) is 10. The largest absolute Gasteiger partial charge is 0.420 e. The molecule has 0 unspecified atom stereocenters. The number of unbranched alkanes of at least 4 members (excludes halogenated alkanes) is 2. The molecule has 9 rings (SSSR count). The first-order valence-electron chi connectivity index (χ1n) is 44.9. The van der Waals surface area contributed by atoms with Crippen molar-refractivity contribution in [3.8, 4) is 5.75 Å². The number of rotatable bonds is 75. The molecule has 0 saturated carbocycles. The van der Waals surface area contributed by atoms with Gasteiger partial charge in [-0.15, -0.1) is 0 Å². The lowest BCUT2D eigenvalue weighted by atomic mass is 10.1. The normalized spacial score (nSPS) is 13.5. The molecule has 4 aromatic heterocycles. The van der Waals surface area contributed by atoms with Crippen LogP contribution in [0.4, 0.5) is 40.6 Å². The first-order valence-corrected chi connectivity index (χ1v) is 44.9. The van der Waals surface area contributed by atoms with Gasteiger partial charge in [0.15, 0.2) is 23.3 Å². The summed E-state index contributed by atoms with van der Waals surface area (Å²) in [6.07, 6.45) is 8.65. The molecule has 6 heterocycles. The van der Waals surface area contributed by atoms with Gasteiger partial charge in [0.1, 0.15) is 16.8 Å². The summed E-state index contributed by atoms with van der Waals surface area (Å²) >= 11 is 0. The van der Waals surface area contributed by atoms with Crippen LogP contribution in [-0.2, 0) is 117 Å². The molecule has 2 fully saturated rings. The summed E-state index contributed by atoms with van der Waals surface area (Å²) in [5.74, 6) is -8.39. The number of benzene rings is 3. The third-order valence-electron chi connectivity index (χ3n) is 20.1. The molecule has 0 radical (unpaired) electrons. The van der Waals surface area contributed by atoms with Crippen molar-refractivity contribution in [1.29, 1.82) is 0 Å². The van der Waals surface area contributed by atoms with Gasteiger partial charge < -0.3 is 121 Å². The molecule has 35 nitrogen and oxygen atoms in total. The fourth-order valence-corrected chi connectivity index (χ4v) is 13.1. The zero-order valence-corrected chi connectivity index (χ0v) is 75.2. The Morgan fingerprint density at radius 3 is 0.875 bits per heavy atom. The average molecular weight is 1820 g/mol. The number of nitrogen functional groups attached to an aromatic ring is 2. The predicted molar refractivity (Wildman–Crippen MR) is 474 cm³/mol. The quantitative estimate of drug-likeness (QED) is 0.0120. The van der Waals surface area contributed by atoms with Crippen LogP contribution in [-0.4, -0.2) is 381 Å². The van der Waals surface area contributed by atoms with Crippen molar-refractivity contribution in [1.82, 2.24) is 39.3 Å². The van der Waals surface area contributed by atoms with Crippen LogP contribution in [0.25, 0.3) is 43.6 Å². The molecular formula is C89H138F4N12O23. The molecule has 0 spiro atoms. The number of piperazine rings is 2. The molecule has 39 heteroatoms. The average Bonchev–Trinajstić information content (AvgIpc) is 1.60. The molecule has 4 N–H and O–H groups in total. The standard InChI is InChI=1S/C47H68F4N6O12.C42H70N6O11/c1-2-3-7-57-35-38-37-33-36(4-5-41(37)53-47(52)45(38)54-57)56-10-8-55(9-11-56)12-14-60-16-18-62-20-22-64-24-26-66-28-30-68-32-31-67-29-27-65-25-23-63-21-19-61-17-15-59-13-6-42(58)69-46-43(50)39(48)34-40(49)44(46)51;1-3-4-8-48-35-39-38-34-37(5-6-40(38)44-42(43)41(39)45-48)47-11-9-46(10-12-47)13-15-51-17-19-53-21-23-55-25-27-57-29-31-59-33-32-58-30-28-56-26-24-54-22-20-52-18-16-50-14-7-36(2)49/h4-5,33-35H,2-3,6-32H2,1H3,(H2,52,53);5-6,34-35H,3-4,7-33H2,1-2H3,(H2,43,44). The Bertz CT molecular complexity index is 4110. The minimum absolute atomic E-state index is 0.0203. The summed E-state index contributed by atoms with van der Waals surface area (Å²) in [5, 5.41) is 13.7. The van der Waals surface area contributed by atoms with Crippen LogP contribution in [0.1, 0.15) is 59.3 Å². The van der Waals surface area contributed by atoms with Gasteiger partial charge in [-0.05, 0) is 56.2 Å². The summed E-state index contributed by atoms with van der Waals surface area (Å²) in [5.41, 5.74) is 18.3. The number of carbonyl (C=O) groups is 2. The van der Waals surface area contributed by atoms with Crippen molar-refractivity contribution in [3.05, 3.63) is 78.1 Å². The number of carbonyl (C=O) groups excluding carboxylic acids is 2. The Balaban J connectivity index is 0.000000320. The van der Waals surface area contributed by atoms with E-state index in [4.69, 9.17) is 116 Å². The van der Waals surface area contributed by atoms with Crippen molar-refractivity contribution < 1.29 is 127 Å². The molecule has 2 aliphatic heterocycles. The summed E-state index contributed by atoms with van der Waals surface area (Å²) in [6, 6.07) is 12.9. The van der Waals surface area contributed by atoms with Gasteiger partial charge >= 0.3 is 5.97 Å². The number of hydrogen-bond donors (Lipinski definition) is 2. The second-order valence-electron chi connectivity index (χ2n) is 29.8. The minimum Gasteiger partial charge on any atom is -0.420 e. The van der Waals surface area contributed by atoms with Gasteiger partial charge in [0.25, 0.3) is 0 Å². The van der Waals surface area contributed by atoms with E-state index in [9.17, 15) is 27.2 Å². The van der Waals surface area contributed by atoms with Crippen LogP contribution < -0.4 is 26.0 Å². The molecule has 0 atom stereocenters. The van der Waals surface area contributed by atoms with Crippen LogP contribution in [0.15, 0.2) is 54.9 Å². The van der Waals surface area contributed by atoms with E-state index in [0.717, 1.165) is 148 Å². The number of fused-ring (bicyclic) bond motifs is 6. The molecule has 0 bridgehead atoms. The lowest BCUT2D eigenvalue weighted by Crippen LogP contribution is -2.47. The van der Waals surface area contributed by atoms with Crippen LogP contribution >= 0.6 is 0 Å². The molecule has 7 aromatic rings. The van der Waals surface area contributed by atoms with Crippen molar-refractivity contribution in [2.45, 2.75) is 72.4 Å². The Labute approximate surface area is 748 Å². The van der Waals surface area contributed by atoms with Crippen molar-refractivity contribution in [2.75, 3.05) is 351 Å². The predicted octanol–water partition coefficient (Wildman–Crippen LogP) is 8.04. The van der Waals surface area contributed by atoms with E-state index in [-0.39, 0.29) is 31.7 Å². The van der Waals surface area contributed by atoms with E-state index in [1.54, 1.807) is 6.92 Å².